The van der Waals surface area contributed by atoms with Crippen molar-refractivity contribution < 1.29 is 28.4 Å². The molecule has 10 heteroatoms. The van der Waals surface area contributed by atoms with E-state index in [1.807, 2.05) is 60.7 Å². The molecular formula is C36H38F2N5O3+. The Hall–Kier alpha value is -5.06. The van der Waals surface area contributed by atoms with E-state index in [4.69, 9.17) is 20.8 Å². The van der Waals surface area contributed by atoms with Gasteiger partial charge >= 0.3 is 11.9 Å². The maximum absolute atomic E-state index is 12.9. The normalized spacial score (nSPS) is 11.2. The molecule has 5 aromatic rings. The molecule has 0 saturated carbocycles. The van der Waals surface area contributed by atoms with Crippen molar-refractivity contribution in [3.05, 3.63) is 108 Å². The third-order valence-corrected chi connectivity index (χ3v) is 7.20. The minimum absolute atomic E-state index is 0.0721. The van der Waals surface area contributed by atoms with E-state index in [9.17, 15) is 18.4 Å². The number of pyridine rings is 2. The molecule has 8 nitrogen and oxygen atoms in total. The van der Waals surface area contributed by atoms with Gasteiger partial charge in [0, 0.05) is 60.3 Å². The first-order valence-electron chi connectivity index (χ1n) is 14.9. The molecule has 2 aromatic heterocycles. The molecule has 2 heterocycles. The van der Waals surface area contributed by atoms with Gasteiger partial charge in [0.25, 0.3) is 5.91 Å². The van der Waals surface area contributed by atoms with E-state index in [-0.39, 0.29) is 5.91 Å². The number of aliphatic carboxylic acids is 1. The van der Waals surface area contributed by atoms with E-state index < -0.39 is 11.9 Å². The average Bonchev–Trinajstić information content (AvgIpc) is 3.06. The number of amides is 1. The SMILES string of the molecule is CC(F)(F)C(=O)O.C[NH+](C)CCCNC(=O)c1cccc(-c2nccc3nc(-c4ccc(CN)cc4)c(-c4ccccc4)cc23)c1. The summed E-state index contributed by atoms with van der Waals surface area (Å²) in [5.74, 6) is -5.75. The smallest absolute Gasteiger partial charge is 0.374 e. The van der Waals surface area contributed by atoms with Crippen LogP contribution in [0.3, 0.4) is 0 Å². The number of fused-ring (bicyclic) bond motifs is 1. The number of nitrogens with two attached hydrogens (primary N) is 1. The van der Waals surface area contributed by atoms with Crippen molar-refractivity contribution in [2.24, 2.45) is 5.73 Å². The summed E-state index contributed by atoms with van der Waals surface area (Å²) in [5, 5.41) is 11.5. The number of quaternary nitrogens is 1. The van der Waals surface area contributed by atoms with Crippen LogP contribution in [0.15, 0.2) is 97.2 Å². The summed E-state index contributed by atoms with van der Waals surface area (Å²) >= 11 is 0. The first kappa shape index (κ1) is 33.8. The zero-order valence-electron chi connectivity index (χ0n) is 26.1. The number of carboxylic acid groups (broad SMARTS) is 1. The molecule has 0 unspecified atom stereocenters. The highest BCUT2D eigenvalue weighted by Crippen LogP contribution is 2.36. The Bertz CT molecular complexity index is 1790. The monoisotopic (exact) mass is 626 g/mol. The zero-order valence-corrected chi connectivity index (χ0v) is 26.1. The fraction of sp³-hybridized carbons (Fsp3) is 0.222. The van der Waals surface area contributed by atoms with Gasteiger partial charge in [0.05, 0.1) is 37.5 Å². The van der Waals surface area contributed by atoms with Crippen molar-refractivity contribution in [3.8, 4) is 33.6 Å². The van der Waals surface area contributed by atoms with Crippen LogP contribution in [0.1, 0.15) is 29.3 Å². The largest absolute Gasteiger partial charge is 0.477 e. The fourth-order valence-electron chi connectivity index (χ4n) is 4.74. The van der Waals surface area contributed by atoms with Gasteiger partial charge in [0.15, 0.2) is 0 Å². The van der Waals surface area contributed by atoms with Gasteiger partial charge in [0.1, 0.15) is 0 Å². The number of carbonyl (C=O) groups is 2. The number of halogens is 2. The molecule has 46 heavy (non-hydrogen) atoms. The topological polar surface area (TPSA) is 123 Å². The molecule has 3 aromatic carbocycles. The van der Waals surface area contributed by atoms with Crippen molar-refractivity contribution in [3.63, 3.8) is 0 Å². The lowest BCUT2D eigenvalue weighted by molar-refractivity contribution is -0.858. The van der Waals surface area contributed by atoms with E-state index in [1.165, 1.54) is 4.90 Å². The van der Waals surface area contributed by atoms with Crippen molar-refractivity contribution in [1.29, 1.82) is 0 Å². The van der Waals surface area contributed by atoms with Gasteiger partial charge in [-0.05, 0) is 35.4 Å². The van der Waals surface area contributed by atoms with Crippen molar-refractivity contribution in [1.82, 2.24) is 15.3 Å². The van der Waals surface area contributed by atoms with Crippen molar-refractivity contribution in [2.75, 3.05) is 27.2 Å². The molecule has 5 N–H and O–H groups in total. The maximum atomic E-state index is 12.9. The molecular weight excluding hydrogens is 588 g/mol. The van der Waals surface area contributed by atoms with Crippen molar-refractivity contribution in [2.45, 2.75) is 25.8 Å². The number of benzene rings is 3. The van der Waals surface area contributed by atoms with E-state index in [2.05, 4.69) is 49.7 Å². The molecule has 0 radical (unpaired) electrons. The highest BCUT2D eigenvalue weighted by atomic mass is 19.3. The lowest BCUT2D eigenvalue weighted by Gasteiger charge is -2.14. The molecule has 0 aliphatic carbocycles. The van der Waals surface area contributed by atoms with Crippen LogP contribution in [0.4, 0.5) is 8.78 Å². The van der Waals surface area contributed by atoms with E-state index in [1.54, 1.807) is 6.20 Å². The minimum Gasteiger partial charge on any atom is -0.477 e. The van der Waals surface area contributed by atoms with Gasteiger partial charge < -0.3 is 21.1 Å². The van der Waals surface area contributed by atoms with Gasteiger partial charge in [-0.3, -0.25) is 9.78 Å². The van der Waals surface area contributed by atoms with Crippen LogP contribution in [-0.4, -0.2) is 60.1 Å². The number of hydrogen-bond donors (Lipinski definition) is 4. The predicted molar refractivity (Wildman–Crippen MR) is 177 cm³/mol. The van der Waals surface area contributed by atoms with Crippen LogP contribution in [0.2, 0.25) is 0 Å². The van der Waals surface area contributed by atoms with Gasteiger partial charge in [-0.25, -0.2) is 9.78 Å². The summed E-state index contributed by atoms with van der Waals surface area (Å²) in [4.78, 5) is 33.4. The van der Waals surface area contributed by atoms with Crippen LogP contribution in [0.25, 0.3) is 44.5 Å². The van der Waals surface area contributed by atoms with Crippen molar-refractivity contribution >= 4 is 22.8 Å². The number of rotatable bonds is 10. The molecule has 5 rings (SSSR count). The average molecular weight is 627 g/mol. The summed E-state index contributed by atoms with van der Waals surface area (Å²) < 4.78 is 22.5. The minimum atomic E-state index is -3.58. The lowest BCUT2D eigenvalue weighted by atomic mass is 9.95. The van der Waals surface area contributed by atoms with Crippen LogP contribution < -0.4 is 16.0 Å². The quantitative estimate of drug-likeness (QED) is 0.161. The van der Waals surface area contributed by atoms with Crippen LogP contribution in [-0.2, 0) is 11.3 Å². The number of alkyl halides is 2. The van der Waals surface area contributed by atoms with Gasteiger partial charge in [-0.2, -0.15) is 8.78 Å². The van der Waals surface area contributed by atoms with Gasteiger partial charge in [0.2, 0.25) is 0 Å². The molecule has 0 fully saturated rings. The lowest BCUT2D eigenvalue weighted by Crippen LogP contribution is -3.05. The van der Waals surface area contributed by atoms with Gasteiger partial charge in [-0.1, -0.05) is 66.7 Å². The Labute approximate surface area is 266 Å². The highest BCUT2D eigenvalue weighted by Gasteiger charge is 2.31. The van der Waals surface area contributed by atoms with E-state index in [0.29, 0.717) is 25.6 Å². The molecule has 0 saturated heterocycles. The molecule has 0 aliphatic rings. The summed E-state index contributed by atoms with van der Waals surface area (Å²) in [6.45, 7) is 2.49. The van der Waals surface area contributed by atoms with Crippen LogP contribution in [0, 0.1) is 0 Å². The molecule has 0 aliphatic heterocycles. The third-order valence-electron chi connectivity index (χ3n) is 7.20. The fourth-order valence-corrected chi connectivity index (χ4v) is 4.74. The van der Waals surface area contributed by atoms with Gasteiger partial charge in [-0.15, -0.1) is 0 Å². The standard InChI is InChI=1S/C33H33N5O.C3H4F2O2/c1-38(2)19-7-17-36-33(39)27-11-6-10-26(20-27)31-29-21-28(24-8-4-3-5-9-24)32(37-30(29)16-18-35-31)25-14-12-23(22-34)13-15-25;1-3(4,5)2(6)7/h3-6,8-16,18,20-21H,7,17,19,22,34H2,1-2H3,(H,36,39);1H3,(H,6,7)/p+1. The predicted octanol–water partition coefficient (Wildman–Crippen LogP) is 5.08. The number of carbonyl (C=O) groups excluding carboxylic acids is 1. The number of carboxylic acids is 1. The third kappa shape index (κ3) is 8.77. The molecule has 0 spiro atoms. The number of nitrogens with one attached hydrogen (secondary N) is 2. The Morgan fingerprint density at radius 1 is 0.891 bits per heavy atom. The molecule has 0 bridgehead atoms. The highest BCUT2D eigenvalue weighted by molar-refractivity contribution is 6.00. The number of aromatic nitrogens is 2. The van der Waals surface area contributed by atoms with E-state index in [0.717, 1.165) is 63.1 Å². The summed E-state index contributed by atoms with van der Waals surface area (Å²) in [6, 6.07) is 30.3. The Balaban J connectivity index is 0.000000617. The Morgan fingerprint density at radius 2 is 1.57 bits per heavy atom. The number of nitrogens with zero attached hydrogens (tertiary/aromatic N) is 2. The molecule has 0 atom stereocenters. The molecule has 1 amide bonds. The number of hydrogen-bond acceptors (Lipinski definition) is 5. The summed E-state index contributed by atoms with van der Waals surface area (Å²) in [7, 11) is 4.22. The maximum Gasteiger partial charge on any atom is 0.374 e. The second-order valence-corrected chi connectivity index (χ2v) is 11.2. The second-order valence-electron chi connectivity index (χ2n) is 11.2. The Kier molecular flexibility index (Phi) is 11.2. The first-order valence-corrected chi connectivity index (χ1v) is 14.9. The Morgan fingerprint density at radius 3 is 2.20 bits per heavy atom. The second kappa shape index (κ2) is 15.3. The zero-order chi connectivity index (χ0) is 33.3. The molecule has 238 valence electrons. The van der Waals surface area contributed by atoms with Crippen LogP contribution in [0.5, 0.6) is 0 Å². The summed E-state index contributed by atoms with van der Waals surface area (Å²) in [5.41, 5.74) is 14.1. The van der Waals surface area contributed by atoms with E-state index >= 15 is 0 Å². The first-order chi connectivity index (χ1) is 22.0. The summed E-state index contributed by atoms with van der Waals surface area (Å²) in [6.07, 6.45) is 2.72. The van der Waals surface area contributed by atoms with Crippen LogP contribution >= 0.6 is 0 Å².